The molecule has 0 radical (unpaired) electrons. The highest BCUT2D eigenvalue weighted by atomic mass is 79.9. The number of anilines is 1. The molecule has 1 N–H and O–H groups in total. The molecule has 0 saturated heterocycles. The highest BCUT2D eigenvalue weighted by Gasteiger charge is 2.18. The fourth-order valence-electron chi connectivity index (χ4n) is 2.72. The summed E-state index contributed by atoms with van der Waals surface area (Å²) in [4.78, 5) is 14.7. The van der Waals surface area contributed by atoms with E-state index in [-0.39, 0.29) is 11.5 Å². The summed E-state index contributed by atoms with van der Waals surface area (Å²) in [7, 11) is 0. The molecular weight excluding hydrogens is 350 g/mol. The summed E-state index contributed by atoms with van der Waals surface area (Å²) < 4.78 is 2.59. The van der Waals surface area contributed by atoms with Crippen LogP contribution in [0.5, 0.6) is 0 Å². The number of nitrogens with one attached hydrogen (secondary N) is 1. The maximum atomic E-state index is 11.0. The first-order valence-corrected chi connectivity index (χ1v) is 8.00. The van der Waals surface area contributed by atoms with Gasteiger partial charge < -0.3 is 5.32 Å². The van der Waals surface area contributed by atoms with Crippen molar-refractivity contribution < 1.29 is 4.92 Å². The fourth-order valence-corrected chi connectivity index (χ4v) is 3.04. The number of nitro groups is 1. The van der Waals surface area contributed by atoms with Gasteiger partial charge in [0.05, 0.1) is 23.2 Å². The van der Waals surface area contributed by atoms with Gasteiger partial charge >= 0.3 is 5.69 Å². The molecule has 0 bridgehead atoms. The third-order valence-corrected chi connectivity index (χ3v) is 4.26. The number of aromatic nitrogens is 3. The lowest BCUT2D eigenvalue weighted by Crippen LogP contribution is -2.08. The molecule has 1 aliphatic rings. The minimum absolute atomic E-state index is 0.0513. The summed E-state index contributed by atoms with van der Waals surface area (Å²) in [5.41, 5.74) is 0.801. The van der Waals surface area contributed by atoms with Crippen LogP contribution in [-0.4, -0.2) is 19.7 Å². The second kappa shape index (κ2) is 6.43. The molecule has 1 aliphatic carbocycles. The standard InChI is InChI=1S/C14H16BrN5O2/c15-10-7-13(20(21)22)14(16-8-10)17-9-11-5-6-19(18-11)12-3-1-2-4-12/h5-8,12H,1-4,9H2,(H,16,17). The van der Waals surface area contributed by atoms with Crippen LogP contribution < -0.4 is 5.32 Å². The molecule has 0 atom stereocenters. The molecule has 8 heteroatoms. The Bertz CT molecular complexity index is 682. The topological polar surface area (TPSA) is 85.9 Å². The van der Waals surface area contributed by atoms with Gasteiger partial charge in [-0.25, -0.2) is 4.98 Å². The lowest BCUT2D eigenvalue weighted by molar-refractivity contribution is -0.384. The van der Waals surface area contributed by atoms with Crippen molar-refractivity contribution in [2.75, 3.05) is 5.32 Å². The summed E-state index contributed by atoms with van der Waals surface area (Å²) in [6.07, 6.45) is 8.38. The van der Waals surface area contributed by atoms with E-state index in [1.54, 1.807) is 0 Å². The molecule has 0 amide bonds. The molecule has 7 nitrogen and oxygen atoms in total. The number of nitrogens with zero attached hydrogens (tertiary/aromatic N) is 4. The van der Waals surface area contributed by atoms with Gasteiger partial charge in [-0.05, 0) is 34.8 Å². The average Bonchev–Trinajstić information content (AvgIpc) is 3.16. The van der Waals surface area contributed by atoms with Crippen LogP contribution in [0.1, 0.15) is 37.4 Å². The Morgan fingerprint density at radius 2 is 2.23 bits per heavy atom. The minimum Gasteiger partial charge on any atom is -0.359 e. The van der Waals surface area contributed by atoms with Gasteiger partial charge in [-0.1, -0.05) is 12.8 Å². The molecule has 0 unspecified atom stereocenters. The van der Waals surface area contributed by atoms with Crippen LogP contribution >= 0.6 is 15.9 Å². The number of rotatable bonds is 5. The van der Waals surface area contributed by atoms with Gasteiger partial charge in [0.2, 0.25) is 5.82 Å². The van der Waals surface area contributed by atoms with E-state index in [1.165, 1.54) is 37.9 Å². The molecule has 1 fully saturated rings. The highest BCUT2D eigenvalue weighted by molar-refractivity contribution is 9.10. The summed E-state index contributed by atoms with van der Waals surface area (Å²) in [6, 6.07) is 3.87. The normalized spacial score (nSPS) is 15.1. The van der Waals surface area contributed by atoms with E-state index in [0.717, 1.165) is 5.69 Å². The van der Waals surface area contributed by atoms with E-state index < -0.39 is 4.92 Å². The lowest BCUT2D eigenvalue weighted by atomic mass is 10.3. The highest BCUT2D eigenvalue weighted by Crippen LogP contribution is 2.29. The van der Waals surface area contributed by atoms with Crippen LogP contribution in [0.3, 0.4) is 0 Å². The van der Waals surface area contributed by atoms with Crippen molar-refractivity contribution >= 4 is 27.4 Å². The smallest absolute Gasteiger partial charge is 0.312 e. The molecule has 0 aliphatic heterocycles. The van der Waals surface area contributed by atoms with Gasteiger partial charge in [-0.2, -0.15) is 5.10 Å². The lowest BCUT2D eigenvalue weighted by Gasteiger charge is -2.09. The van der Waals surface area contributed by atoms with Crippen LogP contribution in [0.15, 0.2) is 29.0 Å². The van der Waals surface area contributed by atoms with Crippen LogP contribution in [-0.2, 0) is 6.54 Å². The van der Waals surface area contributed by atoms with Gasteiger partial charge in [0, 0.05) is 22.9 Å². The zero-order valence-electron chi connectivity index (χ0n) is 11.9. The van der Waals surface area contributed by atoms with Crippen molar-refractivity contribution in [3.63, 3.8) is 0 Å². The number of hydrogen-bond donors (Lipinski definition) is 1. The van der Waals surface area contributed by atoms with E-state index in [9.17, 15) is 10.1 Å². The molecule has 0 spiro atoms. The van der Waals surface area contributed by atoms with E-state index in [0.29, 0.717) is 17.1 Å². The van der Waals surface area contributed by atoms with Crippen molar-refractivity contribution in [3.8, 4) is 0 Å². The van der Waals surface area contributed by atoms with Gasteiger partial charge in [0.1, 0.15) is 0 Å². The Balaban J connectivity index is 1.69. The molecule has 3 rings (SSSR count). The Morgan fingerprint density at radius 1 is 1.45 bits per heavy atom. The van der Waals surface area contributed by atoms with Crippen molar-refractivity contribution in [2.24, 2.45) is 0 Å². The van der Waals surface area contributed by atoms with E-state index in [4.69, 9.17) is 0 Å². The van der Waals surface area contributed by atoms with Crippen molar-refractivity contribution in [1.82, 2.24) is 14.8 Å². The molecule has 0 aromatic carbocycles. The molecule has 22 heavy (non-hydrogen) atoms. The van der Waals surface area contributed by atoms with Crippen molar-refractivity contribution in [3.05, 3.63) is 44.8 Å². The molecule has 2 aromatic heterocycles. The molecule has 116 valence electrons. The number of pyridine rings is 1. The Kier molecular flexibility index (Phi) is 4.37. The molecule has 1 saturated carbocycles. The molecule has 2 aromatic rings. The zero-order valence-corrected chi connectivity index (χ0v) is 13.5. The maximum Gasteiger partial charge on any atom is 0.312 e. The maximum absolute atomic E-state index is 11.0. The van der Waals surface area contributed by atoms with Gasteiger partial charge in [-0.15, -0.1) is 0 Å². The average molecular weight is 366 g/mol. The minimum atomic E-state index is -0.447. The third kappa shape index (κ3) is 3.27. The Morgan fingerprint density at radius 3 is 2.95 bits per heavy atom. The first kappa shape index (κ1) is 15.0. The number of halogens is 1. The summed E-state index contributed by atoms with van der Waals surface area (Å²) in [6.45, 7) is 0.412. The van der Waals surface area contributed by atoms with Crippen LogP contribution in [0.2, 0.25) is 0 Å². The van der Waals surface area contributed by atoms with E-state index in [2.05, 4.69) is 31.3 Å². The second-order valence-corrected chi connectivity index (χ2v) is 6.27. The van der Waals surface area contributed by atoms with E-state index in [1.807, 2.05) is 16.9 Å². The van der Waals surface area contributed by atoms with Crippen LogP contribution in [0, 0.1) is 10.1 Å². The monoisotopic (exact) mass is 365 g/mol. The predicted octanol–water partition coefficient (Wildman–Crippen LogP) is 3.68. The van der Waals surface area contributed by atoms with Gasteiger partial charge in [0.25, 0.3) is 0 Å². The van der Waals surface area contributed by atoms with Crippen LogP contribution in [0.25, 0.3) is 0 Å². The Labute approximate surface area is 136 Å². The first-order chi connectivity index (χ1) is 10.6. The molecule has 2 heterocycles. The predicted molar refractivity (Wildman–Crippen MR) is 85.7 cm³/mol. The van der Waals surface area contributed by atoms with Gasteiger partial charge in [-0.3, -0.25) is 14.8 Å². The van der Waals surface area contributed by atoms with Crippen LogP contribution in [0.4, 0.5) is 11.5 Å². The number of hydrogen-bond acceptors (Lipinski definition) is 5. The molecular formula is C14H16BrN5O2. The van der Waals surface area contributed by atoms with Gasteiger partial charge in [0.15, 0.2) is 0 Å². The summed E-state index contributed by atoms with van der Waals surface area (Å²) in [5.74, 6) is 0.253. The van der Waals surface area contributed by atoms with Crippen molar-refractivity contribution in [2.45, 2.75) is 38.3 Å². The Hall–Kier alpha value is -1.96. The zero-order chi connectivity index (χ0) is 15.5. The third-order valence-electron chi connectivity index (χ3n) is 3.83. The second-order valence-electron chi connectivity index (χ2n) is 5.36. The quantitative estimate of drug-likeness (QED) is 0.645. The fraction of sp³-hybridized carbons (Fsp3) is 0.429. The summed E-state index contributed by atoms with van der Waals surface area (Å²) >= 11 is 3.19. The SMILES string of the molecule is O=[N+]([O-])c1cc(Br)cnc1NCc1ccn(C2CCCC2)n1. The summed E-state index contributed by atoms with van der Waals surface area (Å²) in [5, 5.41) is 18.6. The first-order valence-electron chi connectivity index (χ1n) is 7.21. The largest absolute Gasteiger partial charge is 0.359 e. The van der Waals surface area contributed by atoms with E-state index >= 15 is 0 Å². The van der Waals surface area contributed by atoms with Crippen molar-refractivity contribution in [1.29, 1.82) is 0 Å².